The number of fused-ring (bicyclic) bond motifs is 1. The van der Waals surface area contributed by atoms with Gasteiger partial charge in [0.15, 0.2) is 10.8 Å². The van der Waals surface area contributed by atoms with Gasteiger partial charge in [-0.2, -0.15) is 0 Å². The minimum Gasteiger partial charge on any atom is -0.457 e. The van der Waals surface area contributed by atoms with Crippen molar-refractivity contribution in [2.24, 2.45) is 5.92 Å². The van der Waals surface area contributed by atoms with Crippen molar-refractivity contribution in [3.63, 3.8) is 0 Å². The third-order valence-corrected chi connectivity index (χ3v) is 5.93. The minimum absolute atomic E-state index is 0.0671. The highest BCUT2D eigenvalue weighted by atomic mass is 32.1. The van der Waals surface area contributed by atoms with Gasteiger partial charge in [0.1, 0.15) is 11.8 Å². The van der Waals surface area contributed by atoms with Gasteiger partial charge in [-0.25, -0.2) is 4.98 Å². The van der Waals surface area contributed by atoms with Crippen molar-refractivity contribution in [3.05, 3.63) is 78.1 Å². The molecule has 0 fully saturated rings. The number of thiazole rings is 1. The Kier molecular flexibility index (Phi) is 6.13. The molecule has 7 heteroatoms. The molecule has 2 amide bonds. The summed E-state index contributed by atoms with van der Waals surface area (Å²) >= 11 is 1.56. The first-order valence-electron chi connectivity index (χ1n) is 10.1. The lowest BCUT2D eigenvalue weighted by Gasteiger charge is -2.21. The van der Waals surface area contributed by atoms with Gasteiger partial charge in [0.2, 0.25) is 5.91 Å². The van der Waals surface area contributed by atoms with Gasteiger partial charge in [-0.3, -0.25) is 9.59 Å². The molecule has 0 saturated carbocycles. The van der Waals surface area contributed by atoms with Crippen LogP contribution < -0.4 is 10.6 Å². The normalized spacial score (nSPS) is 12.1. The van der Waals surface area contributed by atoms with Crippen LogP contribution in [-0.4, -0.2) is 22.8 Å². The van der Waals surface area contributed by atoms with Gasteiger partial charge in [0, 0.05) is 5.56 Å². The summed E-state index contributed by atoms with van der Waals surface area (Å²) in [5.41, 5.74) is 1.45. The minimum atomic E-state index is -0.647. The molecule has 2 heterocycles. The molecular weight excluding hydrogens is 410 g/mol. The maximum atomic E-state index is 12.7. The van der Waals surface area contributed by atoms with Crippen LogP contribution in [-0.2, 0) is 11.3 Å². The number of aromatic nitrogens is 1. The molecule has 0 aliphatic carbocycles. The molecule has 1 unspecified atom stereocenters. The summed E-state index contributed by atoms with van der Waals surface area (Å²) < 4.78 is 6.98. The second kappa shape index (κ2) is 9.14. The zero-order valence-electron chi connectivity index (χ0n) is 17.3. The maximum Gasteiger partial charge on any atom is 0.251 e. The van der Waals surface area contributed by atoms with Gasteiger partial charge in [0.25, 0.3) is 5.91 Å². The molecule has 6 nitrogen and oxygen atoms in total. The van der Waals surface area contributed by atoms with Crippen molar-refractivity contribution in [3.8, 4) is 10.8 Å². The van der Waals surface area contributed by atoms with E-state index in [1.54, 1.807) is 35.6 Å². The third kappa shape index (κ3) is 4.83. The van der Waals surface area contributed by atoms with Gasteiger partial charge in [-0.15, -0.1) is 11.3 Å². The molecule has 0 spiro atoms. The van der Waals surface area contributed by atoms with E-state index in [0.29, 0.717) is 17.1 Å². The quantitative estimate of drug-likeness (QED) is 0.445. The van der Waals surface area contributed by atoms with Gasteiger partial charge in [0.05, 0.1) is 16.8 Å². The molecule has 4 rings (SSSR count). The average molecular weight is 434 g/mol. The fourth-order valence-electron chi connectivity index (χ4n) is 3.20. The van der Waals surface area contributed by atoms with Crippen molar-refractivity contribution < 1.29 is 14.0 Å². The van der Waals surface area contributed by atoms with Crippen molar-refractivity contribution in [2.45, 2.75) is 26.4 Å². The van der Waals surface area contributed by atoms with Crippen molar-refractivity contribution >= 4 is 33.4 Å². The molecule has 31 heavy (non-hydrogen) atoms. The molecule has 2 aromatic heterocycles. The Labute approximate surface area is 184 Å². The van der Waals surface area contributed by atoms with Gasteiger partial charge in [-0.1, -0.05) is 44.2 Å². The van der Waals surface area contributed by atoms with E-state index in [2.05, 4.69) is 15.6 Å². The first-order chi connectivity index (χ1) is 15.0. The number of amides is 2. The molecule has 158 valence electrons. The zero-order valence-corrected chi connectivity index (χ0v) is 18.1. The molecule has 0 saturated heterocycles. The Hall–Kier alpha value is -3.45. The average Bonchev–Trinajstić information content (AvgIpc) is 3.42. The van der Waals surface area contributed by atoms with Crippen molar-refractivity contribution in [1.82, 2.24) is 15.6 Å². The first-order valence-corrected chi connectivity index (χ1v) is 10.9. The van der Waals surface area contributed by atoms with E-state index in [9.17, 15) is 9.59 Å². The highest BCUT2D eigenvalue weighted by Gasteiger charge is 2.24. The van der Waals surface area contributed by atoms with Crippen LogP contribution in [0.25, 0.3) is 21.0 Å². The second-order valence-corrected chi connectivity index (χ2v) is 8.56. The summed E-state index contributed by atoms with van der Waals surface area (Å²) in [5.74, 6) is 0.702. The number of furan rings is 1. The number of nitrogens with zero attached hydrogens (tertiary/aromatic N) is 1. The van der Waals surface area contributed by atoms with Crippen LogP contribution in [0.15, 0.2) is 71.1 Å². The third-order valence-electron chi connectivity index (χ3n) is 4.87. The van der Waals surface area contributed by atoms with E-state index < -0.39 is 6.04 Å². The standard InChI is InChI=1S/C24H23N3O3S/c1-15(2)21(27-22(28)16-8-4-3-5-9-16)23(29)25-14-17-12-13-19(30-17)24-26-18-10-6-7-11-20(18)31-24/h3-13,15,21H,14H2,1-2H3,(H,25,29)(H,27,28). The van der Waals surface area contributed by atoms with Gasteiger partial charge >= 0.3 is 0 Å². The van der Waals surface area contributed by atoms with Crippen LogP contribution in [0.4, 0.5) is 0 Å². The van der Waals surface area contributed by atoms with Crippen LogP contribution in [0.1, 0.15) is 30.0 Å². The zero-order chi connectivity index (χ0) is 21.8. The number of carbonyl (C=O) groups excluding carboxylic acids is 2. The molecular formula is C24H23N3O3S. The number of carbonyl (C=O) groups is 2. The number of hydrogen-bond acceptors (Lipinski definition) is 5. The lowest BCUT2D eigenvalue weighted by Crippen LogP contribution is -2.49. The number of nitrogens with one attached hydrogen (secondary N) is 2. The van der Waals surface area contributed by atoms with Crippen LogP contribution in [0.5, 0.6) is 0 Å². The molecule has 0 radical (unpaired) electrons. The molecule has 2 N–H and O–H groups in total. The molecule has 1 atom stereocenters. The highest BCUT2D eigenvalue weighted by molar-refractivity contribution is 7.21. The van der Waals surface area contributed by atoms with Crippen molar-refractivity contribution in [2.75, 3.05) is 0 Å². The van der Waals surface area contributed by atoms with Crippen LogP contribution in [0.2, 0.25) is 0 Å². The lowest BCUT2D eigenvalue weighted by molar-refractivity contribution is -0.124. The smallest absolute Gasteiger partial charge is 0.251 e. The van der Waals surface area contributed by atoms with Crippen LogP contribution in [0.3, 0.4) is 0 Å². The lowest BCUT2D eigenvalue weighted by atomic mass is 10.0. The Morgan fingerprint density at radius 1 is 1.00 bits per heavy atom. The number of benzene rings is 2. The summed E-state index contributed by atoms with van der Waals surface area (Å²) in [6.45, 7) is 4.02. The Morgan fingerprint density at radius 3 is 2.48 bits per heavy atom. The molecule has 0 bridgehead atoms. The number of rotatable bonds is 7. The number of para-hydroxylation sites is 1. The summed E-state index contributed by atoms with van der Waals surface area (Å²) in [7, 11) is 0. The Morgan fingerprint density at radius 2 is 1.74 bits per heavy atom. The largest absolute Gasteiger partial charge is 0.457 e. The fourth-order valence-corrected chi connectivity index (χ4v) is 4.13. The molecule has 0 aliphatic rings. The summed E-state index contributed by atoms with van der Waals surface area (Å²) in [5, 5.41) is 6.49. The summed E-state index contributed by atoms with van der Waals surface area (Å²) in [4.78, 5) is 29.8. The summed E-state index contributed by atoms with van der Waals surface area (Å²) in [6.07, 6.45) is 0. The maximum absolute atomic E-state index is 12.7. The SMILES string of the molecule is CC(C)C(NC(=O)c1ccccc1)C(=O)NCc1ccc(-c2nc3ccccc3s2)o1. The monoisotopic (exact) mass is 433 g/mol. The van der Waals surface area contributed by atoms with E-state index >= 15 is 0 Å². The second-order valence-electron chi connectivity index (χ2n) is 7.53. The first kappa shape index (κ1) is 20.8. The van der Waals surface area contributed by atoms with E-state index in [4.69, 9.17) is 4.42 Å². The van der Waals surface area contributed by atoms with E-state index in [-0.39, 0.29) is 24.3 Å². The number of hydrogen-bond donors (Lipinski definition) is 2. The van der Waals surface area contributed by atoms with Gasteiger partial charge < -0.3 is 15.1 Å². The molecule has 2 aromatic carbocycles. The van der Waals surface area contributed by atoms with Crippen molar-refractivity contribution in [1.29, 1.82) is 0 Å². The fraction of sp³-hybridized carbons (Fsp3) is 0.208. The highest BCUT2D eigenvalue weighted by Crippen LogP contribution is 2.31. The summed E-state index contributed by atoms with van der Waals surface area (Å²) in [6, 6.07) is 19.8. The van der Waals surface area contributed by atoms with E-state index in [0.717, 1.165) is 15.2 Å². The van der Waals surface area contributed by atoms with Gasteiger partial charge in [-0.05, 0) is 42.3 Å². The predicted molar refractivity (Wildman–Crippen MR) is 122 cm³/mol. The topological polar surface area (TPSA) is 84.2 Å². The molecule has 0 aliphatic heterocycles. The van der Waals surface area contributed by atoms with Crippen LogP contribution >= 0.6 is 11.3 Å². The Bertz CT molecular complexity index is 1160. The molecule has 4 aromatic rings. The predicted octanol–water partition coefficient (Wildman–Crippen LogP) is 4.63. The Balaban J connectivity index is 1.39. The van der Waals surface area contributed by atoms with Crippen LogP contribution in [0, 0.1) is 5.92 Å². The van der Waals surface area contributed by atoms with E-state index in [1.165, 1.54) is 0 Å². The van der Waals surface area contributed by atoms with E-state index in [1.807, 2.05) is 56.3 Å².